The lowest BCUT2D eigenvalue weighted by Crippen LogP contribution is -2.26. The Morgan fingerprint density at radius 2 is 1.86 bits per heavy atom. The van der Waals surface area contributed by atoms with Crippen molar-refractivity contribution in [1.82, 2.24) is 0 Å². The van der Waals surface area contributed by atoms with Gasteiger partial charge >= 0.3 is 5.97 Å². The first-order valence-corrected chi connectivity index (χ1v) is 11.7. The fourth-order valence-corrected chi connectivity index (χ4v) is 5.57. The zero-order valence-corrected chi connectivity index (χ0v) is 18.6. The molecular formula is C23H36O5S. The number of unbranched alkanes of at least 4 members (excludes halogenated alkanes) is 2. The molecule has 5 nitrogen and oxygen atoms in total. The predicted octanol–water partition coefficient (Wildman–Crippen LogP) is 3.43. The van der Waals surface area contributed by atoms with Gasteiger partial charge in [0.2, 0.25) is 0 Å². The molecule has 1 aromatic rings. The normalized spacial score (nSPS) is 26.3. The molecule has 0 aromatic heterocycles. The molecule has 29 heavy (non-hydrogen) atoms. The molecular weight excluding hydrogens is 388 g/mol. The summed E-state index contributed by atoms with van der Waals surface area (Å²) in [5.41, 5.74) is 2.16. The molecule has 6 heteroatoms. The van der Waals surface area contributed by atoms with Gasteiger partial charge in [0.1, 0.15) is 0 Å². The van der Waals surface area contributed by atoms with E-state index in [4.69, 9.17) is 4.74 Å². The number of aryl methyl sites for hydroxylation is 1. The molecule has 0 heterocycles. The number of carbonyl (C=O) groups is 1. The lowest BCUT2D eigenvalue weighted by molar-refractivity contribution is -0.142. The van der Waals surface area contributed by atoms with E-state index in [9.17, 15) is 20.1 Å². The number of rotatable bonds is 11. The first-order valence-electron chi connectivity index (χ1n) is 10.6. The van der Waals surface area contributed by atoms with Crippen LogP contribution in [0.2, 0.25) is 0 Å². The zero-order valence-electron chi connectivity index (χ0n) is 17.8. The Bertz CT molecular complexity index is 618. The second-order valence-corrected chi connectivity index (χ2v) is 9.52. The fourth-order valence-electron chi connectivity index (χ4n) is 4.17. The van der Waals surface area contributed by atoms with Crippen molar-refractivity contribution in [3.05, 3.63) is 35.4 Å². The van der Waals surface area contributed by atoms with E-state index in [1.165, 1.54) is 7.11 Å². The molecule has 6 atom stereocenters. The van der Waals surface area contributed by atoms with Gasteiger partial charge in [-0.3, -0.25) is 4.79 Å². The molecule has 3 N–H and O–H groups in total. The number of hydrogen-bond donors (Lipinski definition) is 3. The van der Waals surface area contributed by atoms with E-state index < -0.39 is 18.3 Å². The Kier molecular flexibility index (Phi) is 9.96. The summed E-state index contributed by atoms with van der Waals surface area (Å²) in [4.78, 5) is 12.2. The average molecular weight is 425 g/mol. The summed E-state index contributed by atoms with van der Waals surface area (Å²) >= 11 is 1.56. The fraction of sp³-hybridized carbons (Fsp3) is 0.696. The predicted molar refractivity (Wildman–Crippen MR) is 117 cm³/mol. The van der Waals surface area contributed by atoms with Crippen LogP contribution in [-0.2, 0) is 9.53 Å². The van der Waals surface area contributed by atoms with Crippen molar-refractivity contribution in [2.45, 2.75) is 81.9 Å². The first-order chi connectivity index (χ1) is 13.8. The summed E-state index contributed by atoms with van der Waals surface area (Å²) in [7, 11) is 1.43. The Morgan fingerprint density at radius 3 is 2.48 bits per heavy atom. The third-order valence-electron chi connectivity index (χ3n) is 5.80. The summed E-state index contributed by atoms with van der Waals surface area (Å²) in [6.45, 7) is 3.77. The molecule has 0 spiro atoms. The van der Waals surface area contributed by atoms with Crippen LogP contribution in [0.25, 0.3) is 0 Å². The van der Waals surface area contributed by atoms with Gasteiger partial charge in [0.15, 0.2) is 0 Å². The van der Waals surface area contributed by atoms with Gasteiger partial charge in [-0.1, -0.05) is 49.1 Å². The minimum absolute atomic E-state index is 0.0185. The number of methoxy groups -OCH3 is 1. The highest BCUT2D eigenvalue weighted by molar-refractivity contribution is 8.00. The van der Waals surface area contributed by atoms with Gasteiger partial charge in [-0.15, -0.1) is 0 Å². The number of hydrogen-bond acceptors (Lipinski definition) is 6. The van der Waals surface area contributed by atoms with Crippen LogP contribution in [0.15, 0.2) is 24.3 Å². The minimum Gasteiger partial charge on any atom is -0.469 e. The maximum Gasteiger partial charge on any atom is 0.313 e. The largest absolute Gasteiger partial charge is 0.469 e. The van der Waals surface area contributed by atoms with Crippen molar-refractivity contribution in [1.29, 1.82) is 0 Å². The van der Waals surface area contributed by atoms with E-state index in [1.54, 1.807) is 18.7 Å². The van der Waals surface area contributed by atoms with Gasteiger partial charge < -0.3 is 20.1 Å². The molecule has 164 valence electrons. The van der Waals surface area contributed by atoms with Crippen molar-refractivity contribution >= 4 is 17.7 Å². The van der Waals surface area contributed by atoms with Crippen LogP contribution in [-0.4, -0.2) is 57.7 Å². The second-order valence-electron chi connectivity index (χ2n) is 8.31. The van der Waals surface area contributed by atoms with Crippen molar-refractivity contribution < 1.29 is 24.9 Å². The molecule has 1 aliphatic rings. The van der Waals surface area contributed by atoms with E-state index in [1.807, 2.05) is 31.2 Å². The van der Waals surface area contributed by atoms with Gasteiger partial charge in [-0.25, -0.2) is 0 Å². The minimum atomic E-state index is -0.510. The maximum atomic E-state index is 12.2. The van der Waals surface area contributed by atoms with Crippen LogP contribution in [0.4, 0.5) is 0 Å². The number of carbonyl (C=O) groups excluding carboxylic acids is 1. The summed E-state index contributed by atoms with van der Waals surface area (Å²) < 4.78 is 5.00. The molecule has 1 fully saturated rings. The first kappa shape index (κ1) is 24.2. The molecule has 1 aliphatic carbocycles. The third-order valence-corrected chi connectivity index (χ3v) is 7.53. The lowest BCUT2D eigenvalue weighted by Gasteiger charge is -2.23. The van der Waals surface area contributed by atoms with E-state index in [-0.39, 0.29) is 23.1 Å². The van der Waals surface area contributed by atoms with Crippen LogP contribution >= 0.6 is 11.8 Å². The van der Waals surface area contributed by atoms with Crippen LogP contribution in [0.5, 0.6) is 0 Å². The maximum absolute atomic E-state index is 12.2. The number of benzene rings is 1. The number of esters is 1. The quantitative estimate of drug-likeness (QED) is 0.373. The van der Waals surface area contributed by atoms with Crippen LogP contribution < -0.4 is 0 Å². The lowest BCUT2D eigenvalue weighted by atomic mass is 9.91. The number of aliphatic hydroxyl groups excluding tert-OH is 3. The Balaban J connectivity index is 1.81. The Morgan fingerprint density at radius 1 is 1.17 bits per heavy atom. The van der Waals surface area contributed by atoms with E-state index >= 15 is 0 Å². The Labute approximate surface area is 178 Å². The van der Waals surface area contributed by atoms with Crippen LogP contribution in [0, 0.1) is 12.8 Å². The monoisotopic (exact) mass is 424 g/mol. The third kappa shape index (κ3) is 7.28. The van der Waals surface area contributed by atoms with Gasteiger partial charge in [0.25, 0.3) is 0 Å². The summed E-state index contributed by atoms with van der Waals surface area (Å²) in [5, 5.41) is 30.1. The molecule has 0 saturated heterocycles. The number of thioether (sulfide) groups is 1. The highest BCUT2D eigenvalue weighted by atomic mass is 32.2. The van der Waals surface area contributed by atoms with Gasteiger partial charge in [-0.05, 0) is 38.2 Å². The van der Waals surface area contributed by atoms with Crippen molar-refractivity contribution in [3.63, 3.8) is 0 Å². The molecule has 0 amide bonds. The van der Waals surface area contributed by atoms with Crippen LogP contribution in [0.3, 0.4) is 0 Å². The molecule has 1 saturated carbocycles. The highest BCUT2D eigenvalue weighted by Crippen LogP contribution is 2.39. The van der Waals surface area contributed by atoms with Crippen molar-refractivity contribution in [3.8, 4) is 0 Å². The molecule has 0 radical (unpaired) electrons. The van der Waals surface area contributed by atoms with Crippen molar-refractivity contribution in [2.24, 2.45) is 5.92 Å². The topological polar surface area (TPSA) is 87.0 Å². The molecule has 0 aliphatic heterocycles. The summed E-state index contributed by atoms with van der Waals surface area (Å²) in [5.74, 6) is 0.191. The number of aliphatic hydroxyl groups is 3. The molecule has 4 unspecified atom stereocenters. The molecule has 0 bridgehead atoms. The van der Waals surface area contributed by atoms with Gasteiger partial charge in [0.05, 0.1) is 31.3 Å². The zero-order chi connectivity index (χ0) is 21.4. The van der Waals surface area contributed by atoms with Crippen LogP contribution in [0.1, 0.15) is 62.5 Å². The van der Waals surface area contributed by atoms with Gasteiger partial charge in [0, 0.05) is 17.4 Å². The second kappa shape index (κ2) is 11.9. The van der Waals surface area contributed by atoms with E-state index in [2.05, 4.69) is 0 Å². The summed E-state index contributed by atoms with van der Waals surface area (Å²) in [6.07, 6.45) is 3.42. The SMILES string of the molecule is COC(=O)C(CCCCC[C@H]1C(O)CC(O)[C@@H]1SCC(C)O)c1ccc(C)cc1. The van der Waals surface area contributed by atoms with Crippen molar-refractivity contribution in [2.75, 3.05) is 12.9 Å². The number of ether oxygens (including phenoxy) is 1. The standard InChI is InChI=1S/C23H36O5S/c1-15-9-11-17(12-10-15)18(23(27)28-3)7-5-4-6-8-19-20(25)13-21(26)22(19)29-14-16(2)24/h9-12,16,18-22,24-26H,4-8,13-14H2,1-3H3/t16?,18?,19-,20?,21?,22+/m0/s1. The smallest absolute Gasteiger partial charge is 0.313 e. The van der Waals surface area contributed by atoms with E-state index in [0.29, 0.717) is 12.2 Å². The van der Waals surface area contributed by atoms with E-state index in [0.717, 1.165) is 43.2 Å². The molecule has 1 aromatic carbocycles. The average Bonchev–Trinajstić information content (AvgIpc) is 2.95. The highest BCUT2D eigenvalue weighted by Gasteiger charge is 2.41. The van der Waals surface area contributed by atoms with Gasteiger partial charge in [-0.2, -0.15) is 11.8 Å². The molecule has 2 rings (SSSR count). The summed E-state index contributed by atoms with van der Waals surface area (Å²) in [6, 6.07) is 8.03. The Hall–Kier alpha value is -1.08.